The fraction of sp³-hybridized carbons (Fsp3) is 0. The Morgan fingerprint density at radius 1 is 0.792 bits per heavy atom. The topological polar surface area (TPSA) is 103 Å². The van der Waals surface area contributed by atoms with E-state index in [9.17, 15) is 22.6 Å². The number of carbonyl (C=O) groups is 2. The Kier molecular flexibility index (Phi) is 5.92. The van der Waals surface area contributed by atoms with Gasteiger partial charge in [0, 0.05) is 16.8 Å². The predicted molar refractivity (Wildman–Crippen MR) is 81.9 cm³/mol. The van der Waals surface area contributed by atoms with Crippen LogP contribution in [0.5, 0.6) is 0 Å². The molecule has 0 spiro atoms. The zero-order valence-corrected chi connectivity index (χ0v) is 16.6. The fourth-order valence-electron chi connectivity index (χ4n) is 2.37. The van der Waals surface area contributed by atoms with E-state index in [0.717, 1.165) is 0 Å². The van der Waals surface area contributed by atoms with E-state index in [-0.39, 0.29) is 62.5 Å². The van der Waals surface area contributed by atoms with Gasteiger partial charge in [0.2, 0.25) is 11.6 Å². The van der Waals surface area contributed by atoms with E-state index >= 15 is 0 Å². The summed E-state index contributed by atoms with van der Waals surface area (Å²) < 4.78 is 34.6. The third-order valence-corrected chi connectivity index (χ3v) is 4.26. The maximum atomic E-state index is 12.5. The van der Waals surface area contributed by atoms with Gasteiger partial charge in [0.15, 0.2) is 0 Å². The van der Waals surface area contributed by atoms with Crippen LogP contribution in [0.25, 0.3) is 0 Å². The molecule has 0 bridgehead atoms. The summed E-state index contributed by atoms with van der Waals surface area (Å²) in [6, 6.07) is 14.0. The van der Waals surface area contributed by atoms with Crippen LogP contribution in [0.3, 0.4) is 0 Å². The molecule has 116 valence electrons. The van der Waals surface area contributed by atoms with Gasteiger partial charge in [0.25, 0.3) is 0 Å². The van der Waals surface area contributed by atoms with Crippen LogP contribution in [0.1, 0.15) is 20.7 Å². The third-order valence-electron chi connectivity index (χ3n) is 3.37. The zero-order valence-electron chi connectivity index (χ0n) is 12.6. The number of benzene rings is 2. The number of Topliss-reactive ketones (excluding diaryl/α,β-unsaturated/α-hetero) is 2. The van der Waals surface area contributed by atoms with Crippen molar-refractivity contribution in [3.8, 4) is 0 Å². The Hall–Kier alpha value is -1.13. The summed E-state index contributed by atoms with van der Waals surface area (Å²) in [4.78, 5) is 23.9. The van der Waals surface area contributed by atoms with Crippen LogP contribution in [0, 0.1) is 0 Å². The first-order chi connectivity index (χ1) is 10.9. The Morgan fingerprint density at radius 3 is 1.83 bits per heavy atom. The van der Waals surface area contributed by atoms with Gasteiger partial charge in [-0.25, -0.2) is 8.42 Å². The van der Waals surface area contributed by atoms with Gasteiger partial charge >= 0.3 is 51.4 Å². The largest absolute Gasteiger partial charge is 1.00 e. The second-order valence-electron chi connectivity index (χ2n) is 4.85. The maximum absolute atomic E-state index is 12.5. The van der Waals surface area contributed by atoms with E-state index < -0.39 is 32.3 Å². The number of allylic oxidation sites excluding steroid dienone is 2. The molecule has 0 fully saturated rings. The molecule has 6 nitrogen and oxygen atoms in total. The molecule has 1 aliphatic rings. The van der Waals surface area contributed by atoms with Crippen LogP contribution in [-0.2, 0) is 10.1 Å². The van der Waals surface area contributed by atoms with E-state index in [1.165, 1.54) is 18.2 Å². The standard InChI is InChI=1S/C16H11NO5S.K/c18-14-11-8-4-5-9-12(11)15(19)16(23(20,21)22)13(14)17-10-6-2-1-3-7-10;/h1-9,17H,(H,20,21,22);/q;+1/p-1. The minimum Gasteiger partial charge on any atom is -0.744 e. The number of carbonyl (C=O) groups excluding carboxylic acids is 2. The van der Waals surface area contributed by atoms with Crippen LogP contribution in [-0.4, -0.2) is 24.5 Å². The summed E-state index contributed by atoms with van der Waals surface area (Å²) in [5, 5.41) is 2.59. The molecule has 0 unspecified atom stereocenters. The molecule has 0 radical (unpaired) electrons. The normalized spacial score (nSPS) is 14.0. The molecule has 0 heterocycles. The van der Waals surface area contributed by atoms with Gasteiger partial charge in [-0.05, 0) is 12.1 Å². The Balaban J connectivity index is 0.00000208. The number of rotatable bonds is 3. The smallest absolute Gasteiger partial charge is 0.744 e. The number of fused-ring (bicyclic) bond motifs is 1. The SMILES string of the molecule is O=C1C(Nc2ccccc2)=C(S(=O)(=O)[O-])C(=O)c2ccccc21.[K+]. The van der Waals surface area contributed by atoms with Crippen LogP contribution < -0.4 is 56.7 Å². The fourth-order valence-corrected chi connectivity index (χ4v) is 3.10. The number of hydrogen-bond donors (Lipinski definition) is 1. The van der Waals surface area contributed by atoms with E-state index in [0.29, 0.717) is 5.69 Å². The van der Waals surface area contributed by atoms with Crippen molar-refractivity contribution in [1.82, 2.24) is 0 Å². The van der Waals surface area contributed by atoms with E-state index in [1.807, 2.05) is 0 Å². The minimum atomic E-state index is -5.12. The second-order valence-corrected chi connectivity index (χ2v) is 6.17. The summed E-state index contributed by atoms with van der Waals surface area (Å²) in [7, 11) is -5.12. The molecule has 0 amide bonds. The average Bonchev–Trinajstić information content (AvgIpc) is 2.52. The number of nitrogens with one attached hydrogen (secondary N) is 1. The molecule has 1 N–H and O–H groups in total. The van der Waals surface area contributed by atoms with Crippen molar-refractivity contribution in [2.75, 3.05) is 5.32 Å². The molecule has 0 saturated heterocycles. The van der Waals surface area contributed by atoms with Crippen molar-refractivity contribution < 1.29 is 73.9 Å². The predicted octanol–water partition coefficient (Wildman–Crippen LogP) is -1.06. The van der Waals surface area contributed by atoms with E-state index in [4.69, 9.17) is 0 Å². The van der Waals surface area contributed by atoms with Crippen LogP contribution >= 0.6 is 0 Å². The van der Waals surface area contributed by atoms with Crippen molar-refractivity contribution in [2.45, 2.75) is 0 Å². The van der Waals surface area contributed by atoms with Gasteiger partial charge in [-0.2, -0.15) is 0 Å². The average molecular weight is 367 g/mol. The van der Waals surface area contributed by atoms with E-state index in [2.05, 4.69) is 5.32 Å². The summed E-state index contributed by atoms with van der Waals surface area (Å²) in [5.41, 5.74) is -0.159. The van der Waals surface area contributed by atoms with Gasteiger partial charge in [0.1, 0.15) is 20.7 Å². The molecule has 0 aliphatic heterocycles. The minimum absolute atomic E-state index is 0. The molecular weight excluding hydrogens is 357 g/mol. The Labute approximate surface area is 181 Å². The number of hydrogen-bond acceptors (Lipinski definition) is 6. The molecule has 3 rings (SSSR count). The first-order valence-electron chi connectivity index (χ1n) is 6.60. The van der Waals surface area contributed by atoms with Crippen molar-refractivity contribution in [1.29, 1.82) is 0 Å². The Morgan fingerprint density at radius 2 is 1.29 bits per heavy atom. The summed E-state index contributed by atoms with van der Waals surface area (Å²) in [6.45, 7) is 0. The summed E-state index contributed by atoms with van der Waals surface area (Å²) >= 11 is 0. The molecule has 2 aromatic rings. The van der Waals surface area contributed by atoms with Gasteiger partial charge in [0.05, 0.1) is 0 Å². The molecule has 1 aliphatic carbocycles. The Bertz CT molecular complexity index is 951. The van der Waals surface area contributed by atoms with Crippen molar-refractivity contribution in [3.05, 3.63) is 76.3 Å². The first kappa shape index (κ1) is 19.2. The van der Waals surface area contributed by atoms with Gasteiger partial charge in [-0.15, -0.1) is 0 Å². The van der Waals surface area contributed by atoms with Crippen LogP contribution in [0.2, 0.25) is 0 Å². The molecule has 8 heteroatoms. The number of anilines is 1. The van der Waals surface area contributed by atoms with Crippen molar-refractivity contribution in [2.24, 2.45) is 0 Å². The quantitative estimate of drug-likeness (QED) is 0.548. The second kappa shape index (κ2) is 7.40. The van der Waals surface area contributed by atoms with Crippen molar-refractivity contribution >= 4 is 27.4 Å². The monoisotopic (exact) mass is 367 g/mol. The molecule has 2 aromatic carbocycles. The van der Waals surface area contributed by atoms with Crippen LogP contribution in [0.4, 0.5) is 5.69 Å². The summed E-state index contributed by atoms with van der Waals surface area (Å²) in [6.07, 6.45) is 0. The number of ketones is 2. The molecule has 0 saturated carbocycles. The van der Waals surface area contributed by atoms with Crippen molar-refractivity contribution in [3.63, 3.8) is 0 Å². The first-order valence-corrected chi connectivity index (χ1v) is 8.01. The van der Waals surface area contributed by atoms with Gasteiger partial charge in [-0.3, -0.25) is 9.59 Å². The third kappa shape index (κ3) is 3.59. The van der Waals surface area contributed by atoms with E-state index in [1.54, 1.807) is 36.4 Å². The molecular formula is C16H10KNO5S. The summed E-state index contributed by atoms with van der Waals surface area (Å²) in [5.74, 6) is -1.69. The maximum Gasteiger partial charge on any atom is 1.00 e. The zero-order chi connectivity index (χ0) is 16.6. The number of para-hydroxylation sites is 1. The van der Waals surface area contributed by atoms with Gasteiger partial charge < -0.3 is 9.87 Å². The molecule has 24 heavy (non-hydrogen) atoms. The van der Waals surface area contributed by atoms with Gasteiger partial charge in [-0.1, -0.05) is 42.5 Å². The van der Waals surface area contributed by atoms with Crippen LogP contribution in [0.15, 0.2) is 65.2 Å². The molecule has 0 aromatic heterocycles. The molecule has 0 atom stereocenters.